The van der Waals surface area contributed by atoms with E-state index in [0.29, 0.717) is 6.61 Å². The van der Waals surface area contributed by atoms with Crippen LogP contribution in [-0.2, 0) is 4.74 Å². The molecular formula is C18H38O3. The van der Waals surface area contributed by atoms with Crippen molar-refractivity contribution in [2.75, 3.05) is 19.8 Å². The van der Waals surface area contributed by atoms with Crippen molar-refractivity contribution in [2.24, 2.45) is 5.92 Å². The van der Waals surface area contributed by atoms with Crippen LogP contribution in [0.1, 0.15) is 84.5 Å². The van der Waals surface area contributed by atoms with Crippen LogP contribution in [0.25, 0.3) is 0 Å². The molecule has 0 aliphatic heterocycles. The standard InChI is InChI=1S/C18H38O3/c1-17(2)13-11-9-7-5-3-4-6-8-10-12-14-21-16-18(20)15-19/h17-20H,3-16H2,1-2H3. The predicted octanol–water partition coefficient (Wildman–Crippen LogP) is 4.30. The third kappa shape index (κ3) is 17.8. The monoisotopic (exact) mass is 302 g/mol. The largest absolute Gasteiger partial charge is 0.394 e. The Labute approximate surface area is 132 Å². The lowest BCUT2D eigenvalue weighted by Crippen LogP contribution is -2.19. The van der Waals surface area contributed by atoms with Gasteiger partial charge in [-0.1, -0.05) is 78.1 Å². The van der Waals surface area contributed by atoms with Crippen molar-refractivity contribution in [1.82, 2.24) is 0 Å². The second-order valence-corrected chi connectivity index (χ2v) is 6.63. The van der Waals surface area contributed by atoms with Crippen molar-refractivity contribution in [3.63, 3.8) is 0 Å². The lowest BCUT2D eigenvalue weighted by molar-refractivity contribution is 0.00526. The highest BCUT2D eigenvalue weighted by Crippen LogP contribution is 2.13. The average molecular weight is 302 g/mol. The Morgan fingerprint density at radius 1 is 0.762 bits per heavy atom. The molecule has 0 amide bonds. The Morgan fingerprint density at radius 3 is 1.71 bits per heavy atom. The predicted molar refractivity (Wildman–Crippen MR) is 89.5 cm³/mol. The molecule has 21 heavy (non-hydrogen) atoms. The summed E-state index contributed by atoms with van der Waals surface area (Å²) in [4.78, 5) is 0. The van der Waals surface area contributed by atoms with Crippen molar-refractivity contribution < 1.29 is 14.9 Å². The first-order valence-corrected chi connectivity index (χ1v) is 9.03. The van der Waals surface area contributed by atoms with Crippen molar-refractivity contribution in [3.05, 3.63) is 0 Å². The Bertz CT molecular complexity index is 195. The van der Waals surface area contributed by atoms with Gasteiger partial charge in [0, 0.05) is 6.61 Å². The zero-order chi connectivity index (χ0) is 15.8. The van der Waals surface area contributed by atoms with E-state index in [4.69, 9.17) is 14.9 Å². The minimum atomic E-state index is -0.717. The van der Waals surface area contributed by atoms with Gasteiger partial charge in [-0.3, -0.25) is 0 Å². The van der Waals surface area contributed by atoms with Gasteiger partial charge in [-0.2, -0.15) is 0 Å². The second kappa shape index (κ2) is 16.3. The Balaban J connectivity index is 2.99. The van der Waals surface area contributed by atoms with E-state index in [2.05, 4.69) is 13.8 Å². The fourth-order valence-electron chi connectivity index (χ4n) is 2.44. The molecule has 0 saturated heterocycles. The number of aliphatic hydroxyl groups is 2. The van der Waals surface area contributed by atoms with Crippen LogP contribution in [0.4, 0.5) is 0 Å². The number of unbranched alkanes of at least 4 members (excludes halogenated alkanes) is 9. The van der Waals surface area contributed by atoms with E-state index in [1.54, 1.807) is 0 Å². The molecular weight excluding hydrogens is 264 g/mol. The maximum atomic E-state index is 9.09. The summed E-state index contributed by atoms with van der Waals surface area (Å²) in [5, 5.41) is 17.7. The summed E-state index contributed by atoms with van der Waals surface area (Å²) in [6.07, 6.45) is 14.0. The summed E-state index contributed by atoms with van der Waals surface area (Å²) in [6.45, 7) is 5.36. The quantitative estimate of drug-likeness (QED) is 0.418. The van der Waals surface area contributed by atoms with Gasteiger partial charge in [-0.15, -0.1) is 0 Å². The molecule has 1 unspecified atom stereocenters. The van der Waals surface area contributed by atoms with Gasteiger partial charge in [0.2, 0.25) is 0 Å². The van der Waals surface area contributed by atoms with Crippen LogP contribution in [0.3, 0.4) is 0 Å². The van der Waals surface area contributed by atoms with Gasteiger partial charge < -0.3 is 14.9 Å². The molecule has 0 rings (SSSR count). The normalized spacial score (nSPS) is 13.0. The third-order valence-electron chi connectivity index (χ3n) is 3.84. The molecule has 0 bridgehead atoms. The zero-order valence-corrected chi connectivity index (χ0v) is 14.4. The summed E-state index contributed by atoms with van der Waals surface area (Å²) >= 11 is 0. The smallest absolute Gasteiger partial charge is 0.100 e. The van der Waals surface area contributed by atoms with Crippen molar-refractivity contribution in [1.29, 1.82) is 0 Å². The molecule has 0 heterocycles. The molecule has 1 atom stereocenters. The third-order valence-corrected chi connectivity index (χ3v) is 3.84. The van der Waals surface area contributed by atoms with Gasteiger partial charge in [0.15, 0.2) is 0 Å². The van der Waals surface area contributed by atoms with Gasteiger partial charge >= 0.3 is 0 Å². The van der Waals surface area contributed by atoms with E-state index in [0.717, 1.165) is 12.3 Å². The van der Waals surface area contributed by atoms with Crippen molar-refractivity contribution >= 4 is 0 Å². The molecule has 0 spiro atoms. The Hall–Kier alpha value is -0.120. The molecule has 0 saturated carbocycles. The van der Waals surface area contributed by atoms with E-state index in [1.807, 2.05) is 0 Å². The van der Waals surface area contributed by atoms with Crippen LogP contribution < -0.4 is 0 Å². The first-order valence-electron chi connectivity index (χ1n) is 9.03. The summed E-state index contributed by atoms with van der Waals surface area (Å²) in [5.74, 6) is 0.862. The van der Waals surface area contributed by atoms with Gasteiger partial charge in [-0.25, -0.2) is 0 Å². The lowest BCUT2D eigenvalue weighted by Gasteiger charge is -2.08. The molecule has 0 aromatic heterocycles. The molecule has 3 heteroatoms. The van der Waals surface area contributed by atoms with E-state index >= 15 is 0 Å². The van der Waals surface area contributed by atoms with Crippen molar-refractivity contribution in [2.45, 2.75) is 90.6 Å². The highest BCUT2D eigenvalue weighted by atomic mass is 16.5. The number of ether oxygens (including phenoxy) is 1. The summed E-state index contributed by atoms with van der Waals surface area (Å²) in [7, 11) is 0. The zero-order valence-electron chi connectivity index (χ0n) is 14.4. The molecule has 3 nitrogen and oxygen atoms in total. The molecule has 0 aromatic carbocycles. The minimum Gasteiger partial charge on any atom is -0.394 e. The molecule has 0 aliphatic rings. The molecule has 2 N–H and O–H groups in total. The first kappa shape index (κ1) is 20.9. The maximum Gasteiger partial charge on any atom is 0.100 e. The van der Waals surface area contributed by atoms with Gasteiger partial charge in [-0.05, 0) is 12.3 Å². The number of rotatable bonds is 16. The van der Waals surface area contributed by atoms with E-state index in [9.17, 15) is 0 Å². The van der Waals surface area contributed by atoms with Crippen LogP contribution in [0, 0.1) is 5.92 Å². The van der Waals surface area contributed by atoms with E-state index in [-0.39, 0.29) is 13.2 Å². The highest BCUT2D eigenvalue weighted by Gasteiger charge is 2.00. The lowest BCUT2D eigenvalue weighted by atomic mass is 10.0. The Morgan fingerprint density at radius 2 is 1.24 bits per heavy atom. The number of hydrogen-bond donors (Lipinski definition) is 2. The first-order chi connectivity index (χ1) is 10.2. The maximum absolute atomic E-state index is 9.09. The highest BCUT2D eigenvalue weighted by molar-refractivity contribution is 4.51. The average Bonchev–Trinajstić information content (AvgIpc) is 2.46. The van der Waals surface area contributed by atoms with Gasteiger partial charge in [0.1, 0.15) is 6.10 Å². The molecule has 0 aliphatic carbocycles. The molecule has 0 fully saturated rings. The van der Waals surface area contributed by atoms with Crippen LogP contribution >= 0.6 is 0 Å². The van der Waals surface area contributed by atoms with Crippen LogP contribution in [0.15, 0.2) is 0 Å². The van der Waals surface area contributed by atoms with E-state index in [1.165, 1.54) is 64.2 Å². The summed E-state index contributed by atoms with van der Waals surface area (Å²) < 4.78 is 5.28. The topological polar surface area (TPSA) is 49.7 Å². The second-order valence-electron chi connectivity index (χ2n) is 6.63. The van der Waals surface area contributed by atoms with Gasteiger partial charge in [0.25, 0.3) is 0 Å². The minimum absolute atomic E-state index is 0.211. The van der Waals surface area contributed by atoms with Crippen molar-refractivity contribution in [3.8, 4) is 0 Å². The van der Waals surface area contributed by atoms with Crippen LogP contribution in [-0.4, -0.2) is 36.1 Å². The number of aliphatic hydroxyl groups excluding tert-OH is 2. The number of hydrogen-bond acceptors (Lipinski definition) is 3. The Kier molecular flexibility index (Phi) is 16.2. The molecule has 0 aromatic rings. The van der Waals surface area contributed by atoms with Gasteiger partial charge in [0.05, 0.1) is 13.2 Å². The van der Waals surface area contributed by atoms with Crippen LogP contribution in [0.5, 0.6) is 0 Å². The van der Waals surface area contributed by atoms with Crippen LogP contribution in [0.2, 0.25) is 0 Å². The fraction of sp³-hybridized carbons (Fsp3) is 1.00. The molecule has 128 valence electrons. The fourth-order valence-corrected chi connectivity index (χ4v) is 2.44. The SMILES string of the molecule is CC(C)CCCCCCCCCCCCOCC(O)CO. The van der Waals surface area contributed by atoms with E-state index < -0.39 is 6.10 Å². The molecule has 0 radical (unpaired) electrons. The summed E-state index contributed by atoms with van der Waals surface area (Å²) in [5.41, 5.74) is 0. The summed E-state index contributed by atoms with van der Waals surface area (Å²) in [6, 6.07) is 0.